The maximum atomic E-state index is 10.9. The van der Waals surface area contributed by atoms with Gasteiger partial charge in [-0.05, 0) is 108 Å². The van der Waals surface area contributed by atoms with Gasteiger partial charge in [-0.3, -0.25) is 14.4 Å². The molecule has 4 aromatic carbocycles. The molecule has 4 rings (SSSR count). The summed E-state index contributed by atoms with van der Waals surface area (Å²) < 4.78 is 15.8. The van der Waals surface area contributed by atoms with Crippen molar-refractivity contribution in [2.24, 2.45) is 0 Å². The van der Waals surface area contributed by atoms with E-state index in [1.165, 1.54) is 18.2 Å². The second-order valence-corrected chi connectivity index (χ2v) is 10.4. The maximum Gasteiger partial charge on any atom is 0.252 e. The zero-order valence-electron chi connectivity index (χ0n) is 25.5. The molecule has 0 atom stereocenters. The number of rotatable bonds is 13. The van der Waals surface area contributed by atoms with E-state index in [0.717, 1.165) is 39.9 Å². The predicted molar refractivity (Wildman–Crippen MR) is 190 cm³/mol. The Labute approximate surface area is 287 Å². The Morgan fingerprint density at radius 2 is 0.872 bits per heavy atom. The zero-order valence-corrected chi connectivity index (χ0v) is 27.8. The summed E-state index contributed by atoms with van der Waals surface area (Å²) in [5.41, 5.74) is 21.3. The average molecular weight is 706 g/mol. The summed E-state index contributed by atoms with van der Waals surface area (Å²) in [7, 11) is 3.27. The number of anilines is 6. The van der Waals surface area contributed by atoms with E-state index in [1.54, 1.807) is 38.5 Å². The summed E-state index contributed by atoms with van der Waals surface area (Å²) in [6.45, 7) is 1.16. The number of carbonyl (C=O) groups is 3. The molecule has 9 N–H and O–H groups in total. The van der Waals surface area contributed by atoms with Crippen LogP contribution in [0, 0.1) is 0 Å². The van der Waals surface area contributed by atoms with Crippen molar-refractivity contribution in [1.82, 2.24) is 0 Å². The van der Waals surface area contributed by atoms with Gasteiger partial charge >= 0.3 is 0 Å². The normalized spacial score (nSPS) is 9.89. The molecule has 0 fully saturated rings. The lowest BCUT2D eigenvalue weighted by Crippen LogP contribution is -2.10. The molecule has 0 aromatic heterocycles. The van der Waals surface area contributed by atoms with Crippen LogP contribution in [-0.2, 0) is 9.47 Å². The number of benzene rings is 4. The Morgan fingerprint density at radius 3 is 1.21 bits per heavy atom. The molecule has 0 bridgehead atoms. The third kappa shape index (κ3) is 14.9. The van der Waals surface area contributed by atoms with Gasteiger partial charge in [-0.1, -0.05) is 0 Å². The van der Waals surface area contributed by atoms with Crippen molar-refractivity contribution in [2.45, 2.75) is 0 Å². The highest BCUT2D eigenvalue weighted by Gasteiger charge is 2.13. The number of carbonyl (C=O) groups excluding carboxylic acids is 3. The predicted octanol–water partition coefficient (Wildman–Crippen LogP) is 6.42. The fourth-order valence-corrected chi connectivity index (χ4v) is 3.79. The van der Waals surface area contributed by atoms with E-state index in [0.29, 0.717) is 20.2 Å². The number of nitrogens with two attached hydrogens (primary N) is 3. The van der Waals surface area contributed by atoms with Crippen LogP contribution in [-0.4, -0.2) is 50.1 Å². The van der Waals surface area contributed by atoms with Crippen LogP contribution >= 0.6 is 34.8 Å². The Kier molecular flexibility index (Phi) is 16.7. The van der Waals surface area contributed by atoms with E-state index >= 15 is 0 Å². The van der Waals surface area contributed by atoms with E-state index < -0.39 is 15.7 Å². The number of halogens is 3. The van der Waals surface area contributed by atoms with Crippen LogP contribution < -0.4 is 37.9 Å². The zero-order chi connectivity index (χ0) is 34.8. The van der Waals surface area contributed by atoms with Gasteiger partial charge in [0.2, 0.25) is 0 Å². The first-order valence-electron chi connectivity index (χ1n) is 13.6. The largest absolute Gasteiger partial charge is 0.473 e. The van der Waals surface area contributed by atoms with Crippen LogP contribution in [0.1, 0.15) is 31.1 Å². The SMILES string of the molecule is COCNc1cc(NCOC)cc(OCNc2ccc(N)cc2)c1.Nc1ccc(N)cc1.O=C(Cl)c1cc(C(=O)Cl)cc(C(=O)Cl)c1. The van der Waals surface area contributed by atoms with Gasteiger partial charge in [-0.2, -0.15) is 0 Å². The van der Waals surface area contributed by atoms with Gasteiger partial charge in [0.05, 0.1) is 0 Å². The van der Waals surface area contributed by atoms with Crippen molar-refractivity contribution >= 4 is 84.7 Å². The molecular weight excluding hydrogens is 671 g/mol. The molecule has 15 heteroatoms. The van der Waals surface area contributed by atoms with Gasteiger partial charge in [0.1, 0.15) is 19.2 Å². The lowest BCUT2D eigenvalue weighted by atomic mass is 10.1. The maximum absolute atomic E-state index is 10.9. The van der Waals surface area contributed by atoms with E-state index in [1.807, 2.05) is 42.5 Å². The Bertz CT molecular complexity index is 1480. The van der Waals surface area contributed by atoms with Crippen molar-refractivity contribution < 1.29 is 28.6 Å². The molecule has 0 radical (unpaired) electrons. The lowest BCUT2D eigenvalue weighted by molar-refractivity contribution is 0.108. The molecule has 0 spiro atoms. The highest BCUT2D eigenvalue weighted by molar-refractivity contribution is 6.70. The van der Waals surface area contributed by atoms with E-state index in [9.17, 15) is 14.4 Å². The lowest BCUT2D eigenvalue weighted by Gasteiger charge is -2.14. The summed E-state index contributed by atoms with van der Waals surface area (Å²) in [5, 5.41) is 7.08. The van der Waals surface area contributed by atoms with Crippen molar-refractivity contribution in [3.05, 3.63) is 102 Å². The number of hydrogen-bond donors (Lipinski definition) is 6. The molecule has 0 saturated carbocycles. The van der Waals surface area contributed by atoms with Crippen LogP contribution in [0.3, 0.4) is 0 Å². The van der Waals surface area contributed by atoms with Crippen LogP contribution in [0.15, 0.2) is 84.9 Å². The third-order valence-corrected chi connectivity index (χ3v) is 6.38. The van der Waals surface area contributed by atoms with Crippen molar-refractivity contribution in [3.63, 3.8) is 0 Å². The van der Waals surface area contributed by atoms with E-state index in [-0.39, 0.29) is 16.7 Å². The first kappa shape index (κ1) is 38.5. The Morgan fingerprint density at radius 1 is 0.532 bits per heavy atom. The standard InChI is InChI=1S/C17H24N4O3.C9H3Cl3O3.C6H8N2/c1-22-10-19-15-7-16(20-11-23-2)9-17(8-15)24-12-21-14-5-3-13(18)4-6-14;10-7(13)4-1-5(8(11)14)3-6(2-4)9(12)15;7-5-1-2-6(8)4-3-5/h3-9,19-21H,10-12,18H2,1-2H3;1-3H;1-4H,7-8H2. The van der Waals surface area contributed by atoms with Crippen molar-refractivity contribution in [3.8, 4) is 5.75 Å². The minimum atomic E-state index is -0.797. The van der Waals surface area contributed by atoms with Crippen LogP contribution in [0.2, 0.25) is 0 Å². The van der Waals surface area contributed by atoms with Crippen LogP contribution in [0.4, 0.5) is 34.1 Å². The molecule has 0 saturated heterocycles. The summed E-state index contributed by atoms with van der Waals surface area (Å²) in [4.78, 5) is 32.6. The molecule has 0 heterocycles. The molecule has 0 aliphatic carbocycles. The summed E-state index contributed by atoms with van der Waals surface area (Å²) in [6.07, 6.45) is 0. The number of ether oxygens (including phenoxy) is 3. The number of nitrogen functional groups attached to an aromatic ring is 3. The topological polar surface area (TPSA) is 193 Å². The van der Waals surface area contributed by atoms with Crippen LogP contribution in [0.5, 0.6) is 5.75 Å². The molecule has 12 nitrogen and oxygen atoms in total. The van der Waals surface area contributed by atoms with E-state index in [4.69, 9.17) is 66.2 Å². The van der Waals surface area contributed by atoms with Crippen LogP contribution in [0.25, 0.3) is 0 Å². The molecule has 47 heavy (non-hydrogen) atoms. The van der Waals surface area contributed by atoms with E-state index in [2.05, 4.69) is 16.0 Å². The number of hydrogen-bond acceptors (Lipinski definition) is 12. The molecular formula is C32H35Cl3N6O6. The number of methoxy groups -OCH3 is 2. The Balaban J connectivity index is 0.000000282. The van der Waals surface area contributed by atoms with Gasteiger partial charge in [-0.25, -0.2) is 0 Å². The number of nitrogens with one attached hydrogen (secondary N) is 3. The molecule has 4 aromatic rings. The molecule has 0 unspecified atom stereocenters. The second-order valence-electron chi connectivity index (χ2n) is 9.34. The van der Waals surface area contributed by atoms with Crippen molar-refractivity contribution in [1.29, 1.82) is 0 Å². The third-order valence-electron chi connectivity index (χ3n) is 5.72. The van der Waals surface area contributed by atoms with Gasteiger partial charge in [0, 0.05) is 77.2 Å². The molecule has 0 aliphatic rings. The first-order valence-corrected chi connectivity index (χ1v) is 14.7. The highest BCUT2D eigenvalue weighted by atomic mass is 35.5. The highest BCUT2D eigenvalue weighted by Crippen LogP contribution is 2.25. The second kappa shape index (κ2) is 20.4. The quantitative estimate of drug-likeness (QED) is 0.0508. The van der Waals surface area contributed by atoms with Gasteiger partial charge < -0.3 is 47.4 Å². The fourth-order valence-electron chi connectivity index (χ4n) is 3.47. The molecule has 250 valence electrons. The van der Waals surface area contributed by atoms with Crippen molar-refractivity contribution in [2.75, 3.05) is 67.6 Å². The minimum absolute atomic E-state index is 0.00725. The minimum Gasteiger partial charge on any atom is -0.473 e. The van der Waals surface area contributed by atoms with Gasteiger partial charge in [-0.15, -0.1) is 0 Å². The smallest absolute Gasteiger partial charge is 0.252 e. The first-order chi connectivity index (χ1) is 22.4. The Hall–Kier alpha value is -4.72. The average Bonchev–Trinajstić information content (AvgIpc) is 3.05. The summed E-state index contributed by atoms with van der Waals surface area (Å²) in [6, 6.07) is 23.9. The molecule has 0 amide bonds. The summed E-state index contributed by atoms with van der Waals surface area (Å²) >= 11 is 15.6. The van der Waals surface area contributed by atoms with Gasteiger partial charge in [0.15, 0.2) is 6.73 Å². The molecule has 0 aliphatic heterocycles. The fraction of sp³-hybridized carbons (Fsp3) is 0.156. The summed E-state index contributed by atoms with van der Waals surface area (Å²) in [5.74, 6) is 0.720. The van der Waals surface area contributed by atoms with Gasteiger partial charge in [0.25, 0.3) is 15.7 Å². The monoisotopic (exact) mass is 704 g/mol.